The van der Waals surface area contributed by atoms with Crippen molar-refractivity contribution in [2.75, 3.05) is 26.2 Å². The van der Waals surface area contributed by atoms with Gasteiger partial charge in [0.2, 0.25) is 0 Å². The molecule has 1 saturated heterocycles. The third-order valence-electron chi connectivity index (χ3n) is 4.02. The summed E-state index contributed by atoms with van der Waals surface area (Å²) in [6, 6.07) is 0. The Morgan fingerprint density at radius 3 is 2.30 bits per heavy atom. The summed E-state index contributed by atoms with van der Waals surface area (Å²) in [5.41, 5.74) is -1.02. The molecule has 1 aliphatic rings. The molecule has 0 aromatic heterocycles. The van der Waals surface area contributed by atoms with Crippen LogP contribution in [0.3, 0.4) is 0 Å². The van der Waals surface area contributed by atoms with Crippen LogP contribution < -0.4 is 5.32 Å². The zero-order chi connectivity index (χ0) is 15.4. The molecule has 1 aliphatic heterocycles. The topological polar surface area (TPSA) is 52.6 Å². The van der Waals surface area contributed by atoms with E-state index in [2.05, 4.69) is 5.32 Å². The van der Waals surface area contributed by atoms with Gasteiger partial charge in [-0.15, -0.1) is 0 Å². The highest BCUT2D eigenvalue weighted by molar-refractivity contribution is 5.78. The quantitative estimate of drug-likeness (QED) is 0.788. The predicted octanol–water partition coefficient (Wildman–Crippen LogP) is 2.10. The van der Waals surface area contributed by atoms with Crippen LogP contribution in [-0.2, 0) is 4.79 Å². The van der Waals surface area contributed by atoms with Crippen molar-refractivity contribution >= 4 is 5.97 Å². The van der Waals surface area contributed by atoms with Crippen molar-refractivity contribution in [2.45, 2.75) is 44.8 Å². The molecule has 2 N–H and O–H groups in total. The number of nitrogens with one attached hydrogen (secondary N) is 1. The monoisotopic (exact) mass is 296 g/mol. The van der Waals surface area contributed by atoms with Crippen LogP contribution in [0.15, 0.2) is 0 Å². The van der Waals surface area contributed by atoms with Gasteiger partial charge in [-0.2, -0.15) is 13.2 Å². The van der Waals surface area contributed by atoms with Crippen LogP contribution >= 0.6 is 0 Å². The number of aliphatic carboxylic acids is 1. The molecule has 7 heteroatoms. The van der Waals surface area contributed by atoms with Gasteiger partial charge in [-0.1, -0.05) is 6.92 Å². The normalized spacial score (nSPS) is 21.6. The Hall–Kier alpha value is -0.820. The highest BCUT2D eigenvalue weighted by atomic mass is 19.4. The number of hydrogen-bond acceptors (Lipinski definition) is 3. The first-order valence-electron chi connectivity index (χ1n) is 6.96. The molecule has 0 spiro atoms. The van der Waals surface area contributed by atoms with Gasteiger partial charge in [-0.25, -0.2) is 0 Å². The summed E-state index contributed by atoms with van der Waals surface area (Å²) >= 11 is 0. The fourth-order valence-corrected chi connectivity index (χ4v) is 2.53. The summed E-state index contributed by atoms with van der Waals surface area (Å²) in [6.45, 7) is 5.24. The minimum Gasteiger partial charge on any atom is -0.480 e. The van der Waals surface area contributed by atoms with Crippen LogP contribution in [0.4, 0.5) is 13.2 Å². The van der Waals surface area contributed by atoms with E-state index in [0.717, 1.165) is 0 Å². The molecule has 1 heterocycles. The van der Waals surface area contributed by atoms with Crippen molar-refractivity contribution in [3.05, 3.63) is 0 Å². The lowest BCUT2D eigenvalue weighted by Crippen LogP contribution is -2.52. The minimum absolute atomic E-state index is 0.106. The molecule has 0 aromatic rings. The van der Waals surface area contributed by atoms with Crippen LogP contribution in [0.1, 0.15) is 33.1 Å². The van der Waals surface area contributed by atoms with Crippen LogP contribution in [-0.4, -0.2) is 53.9 Å². The lowest BCUT2D eigenvalue weighted by atomic mass is 9.94. The molecule has 0 bridgehead atoms. The molecular formula is C13H23F3N2O2. The molecule has 1 unspecified atom stereocenters. The van der Waals surface area contributed by atoms with Crippen molar-refractivity contribution < 1.29 is 23.1 Å². The molecule has 1 fully saturated rings. The molecule has 0 aliphatic carbocycles. The number of hydrogen-bond donors (Lipinski definition) is 2. The number of rotatable bonds is 6. The first kappa shape index (κ1) is 17.2. The maximum Gasteiger partial charge on any atom is 0.391 e. The average Bonchev–Trinajstić information content (AvgIpc) is 2.36. The molecule has 118 valence electrons. The highest BCUT2D eigenvalue weighted by Gasteiger charge is 2.41. The second kappa shape index (κ2) is 6.76. The number of likely N-dealkylation sites (N-methyl/N-ethyl adjacent to an activating group) is 1. The van der Waals surface area contributed by atoms with Gasteiger partial charge < -0.3 is 15.3 Å². The van der Waals surface area contributed by atoms with Crippen LogP contribution in [0, 0.1) is 5.92 Å². The first-order valence-corrected chi connectivity index (χ1v) is 6.96. The predicted molar refractivity (Wildman–Crippen MR) is 69.6 cm³/mol. The second-order valence-corrected chi connectivity index (χ2v) is 5.58. The molecule has 4 nitrogen and oxygen atoms in total. The van der Waals surface area contributed by atoms with E-state index >= 15 is 0 Å². The Morgan fingerprint density at radius 1 is 1.35 bits per heavy atom. The zero-order valence-corrected chi connectivity index (χ0v) is 12.0. The summed E-state index contributed by atoms with van der Waals surface area (Å²) < 4.78 is 37.6. The van der Waals surface area contributed by atoms with Gasteiger partial charge in [0.1, 0.15) is 5.54 Å². The van der Waals surface area contributed by atoms with Gasteiger partial charge in [0.05, 0.1) is 5.92 Å². The summed E-state index contributed by atoms with van der Waals surface area (Å²) in [4.78, 5) is 13.2. The SMILES string of the molecule is CCNC(C)(CCN1CCC(C(F)(F)F)CC1)C(=O)O. The van der Waals surface area contributed by atoms with E-state index in [-0.39, 0.29) is 12.8 Å². The van der Waals surface area contributed by atoms with E-state index < -0.39 is 23.6 Å². The van der Waals surface area contributed by atoms with Crippen molar-refractivity contribution in [3.63, 3.8) is 0 Å². The number of piperidine rings is 1. The largest absolute Gasteiger partial charge is 0.480 e. The third kappa shape index (κ3) is 4.63. The second-order valence-electron chi connectivity index (χ2n) is 5.58. The Balaban J connectivity index is 2.42. The number of carboxylic acids is 1. The summed E-state index contributed by atoms with van der Waals surface area (Å²) in [5.74, 6) is -2.14. The standard InChI is InChI=1S/C13H23F3N2O2/c1-3-17-12(2,11(19)20)6-9-18-7-4-10(5-8-18)13(14,15)16/h10,17H,3-9H2,1-2H3,(H,19,20). The molecule has 1 rings (SSSR count). The highest BCUT2D eigenvalue weighted by Crippen LogP contribution is 2.34. The summed E-state index contributed by atoms with van der Waals surface area (Å²) in [7, 11) is 0. The zero-order valence-electron chi connectivity index (χ0n) is 12.0. The molecule has 0 aromatic carbocycles. The maximum atomic E-state index is 12.5. The van der Waals surface area contributed by atoms with E-state index in [9.17, 15) is 23.1 Å². The molecule has 1 atom stereocenters. The van der Waals surface area contributed by atoms with Gasteiger partial charge in [-0.3, -0.25) is 4.79 Å². The maximum absolute atomic E-state index is 12.5. The van der Waals surface area contributed by atoms with Crippen LogP contribution in [0.5, 0.6) is 0 Å². The molecule has 0 amide bonds. The number of nitrogens with zero attached hydrogens (tertiary/aromatic N) is 1. The van der Waals surface area contributed by atoms with E-state index in [1.807, 2.05) is 11.8 Å². The van der Waals surface area contributed by atoms with Crippen LogP contribution in [0.2, 0.25) is 0 Å². The fraction of sp³-hybridized carbons (Fsp3) is 0.923. The minimum atomic E-state index is -4.11. The van der Waals surface area contributed by atoms with E-state index in [1.165, 1.54) is 0 Å². The summed E-state index contributed by atoms with van der Waals surface area (Å²) in [5, 5.41) is 12.1. The van der Waals surface area contributed by atoms with Gasteiger partial charge in [0.15, 0.2) is 0 Å². The van der Waals surface area contributed by atoms with E-state index in [1.54, 1.807) is 6.92 Å². The van der Waals surface area contributed by atoms with Gasteiger partial charge in [0, 0.05) is 6.54 Å². The lowest BCUT2D eigenvalue weighted by molar-refractivity contribution is -0.185. The number of likely N-dealkylation sites (tertiary alicyclic amines) is 1. The third-order valence-corrected chi connectivity index (χ3v) is 4.02. The fourth-order valence-electron chi connectivity index (χ4n) is 2.53. The van der Waals surface area contributed by atoms with Crippen LogP contribution in [0.25, 0.3) is 0 Å². The van der Waals surface area contributed by atoms with Crippen molar-refractivity contribution in [3.8, 4) is 0 Å². The Kier molecular flexibility index (Phi) is 5.82. The van der Waals surface area contributed by atoms with Gasteiger partial charge >= 0.3 is 12.1 Å². The van der Waals surface area contributed by atoms with Crippen molar-refractivity contribution in [1.29, 1.82) is 0 Å². The molecular weight excluding hydrogens is 273 g/mol. The van der Waals surface area contributed by atoms with Crippen molar-refractivity contribution in [1.82, 2.24) is 10.2 Å². The van der Waals surface area contributed by atoms with Gasteiger partial charge in [0.25, 0.3) is 0 Å². The molecule has 0 saturated carbocycles. The number of alkyl halides is 3. The average molecular weight is 296 g/mol. The van der Waals surface area contributed by atoms with E-state index in [0.29, 0.717) is 32.6 Å². The molecule has 0 radical (unpaired) electrons. The number of halogens is 3. The first-order chi connectivity index (χ1) is 9.19. The molecule has 20 heavy (non-hydrogen) atoms. The van der Waals surface area contributed by atoms with E-state index in [4.69, 9.17) is 0 Å². The number of carboxylic acid groups (broad SMARTS) is 1. The Labute approximate surface area is 117 Å². The lowest BCUT2D eigenvalue weighted by Gasteiger charge is -2.35. The Bertz CT molecular complexity index is 328. The van der Waals surface area contributed by atoms with Crippen molar-refractivity contribution in [2.24, 2.45) is 5.92 Å². The summed E-state index contributed by atoms with van der Waals surface area (Å²) in [6.07, 6.45) is -3.51. The Morgan fingerprint density at radius 2 is 1.90 bits per heavy atom. The smallest absolute Gasteiger partial charge is 0.391 e. The van der Waals surface area contributed by atoms with Gasteiger partial charge in [-0.05, 0) is 45.8 Å². The number of carbonyl (C=O) groups is 1.